The van der Waals surface area contributed by atoms with Crippen LogP contribution in [0.15, 0.2) is 0 Å². The second-order valence-corrected chi connectivity index (χ2v) is 2.91. The van der Waals surface area contributed by atoms with E-state index in [2.05, 4.69) is 24.2 Å². The van der Waals surface area contributed by atoms with Gasteiger partial charge in [0.25, 0.3) is 0 Å². The van der Waals surface area contributed by atoms with Crippen LogP contribution in [0.5, 0.6) is 0 Å². The second-order valence-electron chi connectivity index (χ2n) is 2.91. The van der Waals surface area contributed by atoms with Gasteiger partial charge in [-0.2, -0.15) is 0 Å². The summed E-state index contributed by atoms with van der Waals surface area (Å²) in [6, 6.07) is 1.44. The Morgan fingerprint density at radius 1 is 1.56 bits per heavy atom. The van der Waals surface area contributed by atoms with Crippen LogP contribution in [0.2, 0.25) is 0 Å². The quantitative estimate of drug-likeness (QED) is 0.546. The van der Waals surface area contributed by atoms with Crippen LogP contribution >= 0.6 is 0 Å². The summed E-state index contributed by atoms with van der Waals surface area (Å²) >= 11 is 0. The van der Waals surface area contributed by atoms with E-state index in [4.69, 9.17) is 0 Å². The standard InChI is InChI=1S/C7H16N2/c1-6-7(8-2)4-5-9(6)3/h6-8H,4-5H2,1-3H3/t6-,7-/m0/s1. The first kappa shape index (κ1) is 7.03. The van der Waals surface area contributed by atoms with Gasteiger partial charge in [0.2, 0.25) is 0 Å². The molecule has 0 spiro atoms. The van der Waals surface area contributed by atoms with E-state index >= 15 is 0 Å². The van der Waals surface area contributed by atoms with Gasteiger partial charge in [0.05, 0.1) is 0 Å². The molecule has 2 nitrogen and oxygen atoms in total. The number of hydrogen-bond donors (Lipinski definition) is 1. The summed E-state index contributed by atoms with van der Waals surface area (Å²) in [4.78, 5) is 2.39. The van der Waals surface area contributed by atoms with Crippen molar-refractivity contribution < 1.29 is 0 Å². The van der Waals surface area contributed by atoms with E-state index in [0.29, 0.717) is 0 Å². The van der Waals surface area contributed by atoms with E-state index < -0.39 is 0 Å². The highest BCUT2D eigenvalue weighted by Gasteiger charge is 2.25. The van der Waals surface area contributed by atoms with Crippen LogP contribution in [0.4, 0.5) is 0 Å². The Hall–Kier alpha value is -0.0800. The Morgan fingerprint density at radius 3 is 2.44 bits per heavy atom. The maximum Gasteiger partial charge on any atom is 0.0229 e. The topological polar surface area (TPSA) is 15.3 Å². The second kappa shape index (κ2) is 2.67. The van der Waals surface area contributed by atoms with Crippen molar-refractivity contribution >= 4 is 0 Å². The predicted octanol–water partition coefficient (Wildman–Crippen LogP) is 0.298. The highest BCUT2D eigenvalue weighted by Crippen LogP contribution is 2.13. The monoisotopic (exact) mass is 128 g/mol. The summed E-state index contributed by atoms with van der Waals surface area (Å²) in [7, 11) is 4.22. The van der Waals surface area contributed by atoms with E-state index in [1.165, 1.54) is 13.0 Å². The highest BCUT2D eigenvalue weighted by molar-refractivity contribution is 4.85. The fraction of sp³-hybridized carbons (Fsp3) is 1.00. The Bertz CT molecular complexity index is 92.9. The Morgan fingerprint density at radius 2 is 2.22 bits per heavy atom. The summed E-state index contributed by atoms with van der Waals surface area (Å²) in [5.41, 5.74) is 0. The normalized spacial score (nSPS) is 37.7. The van der Waals surface area contributed by atoms with Gasteiger partial charge < -0.3 is 10.2 Å². The molecule has 9 heavy (non-hydrogen) atoms. The van der Waals surface area contributed by atoms with E-state index in [0.717, 1.165) is 12.1 Å². The van der Waals surface area contributed by atoms with Crippen LogP contribution in [0.3, 0.4) is 0 Å². The molecular formula is C7H16N2. The van der Waals surface area contributed by atoms with Crippen molar-refractivity contribution in [3.8, 4) is 0 Å². The third-order valence-corrected chi connectivity index (χ3v) is 2.44. The van der Waals surface area contributed by atoms with Crippen LogP contribution in [0, 0.1) is 0 Å². The molecule has 0 radical (unpaired) electrons. The maximum absolute atomic E-state index is 3.30. The predicted molar refractivity (Wildman–Crippen MR) is 39.6 cm³/mol. The highest BCUT2D eigenvalue weighted by atomic mass is 15.2. The first-order valence-corrected chi connectivity index (χ1v) is 3.63. The molecule has 0 amide bonds. The molecule has 0 saturated carbocycles. The van der Waals surface area contributed by atoms with Gasteiger partial charge in [-0.05, 0) is 34.0 Å². The molecule has 0 unspecified atom stereocenters. The lowest BCUT2D eigenvalue weighted by Crippen LogP contribution is -2.36. The minimum absolute atomic E-state index is 0.718. The molecule has 0 aromatic rings. The molecule has 0 aromatic carbocycles. The number of likely N-dealkylation sites (N-methyl/N-ethyl adjacent to an activating group) is 2. The smallest absolute Gasteiger partial charge is 0.0229 e. The van der Waals surface area contributed by atoms with Crippen molar-refractivity contribution in [2.75, 3.05) is 20.6 Å². The number of nitrogens with zero attached hydrogens (tertiary/aromatic N) is 1. The molecule has 0 bridgehead atoms. The molecule has 2 atom stereocenters. The maximum atomic E-state index is 3.30. The molecule has 1 saturated heterocycles. The van der Waals surface area contributed by atoms with Gasteiger partial charge in [-0.15, -0.1) is 0 Å². The molecule has 0 aromatic heterocycles. The average molecular weight is 128 g/mol. The van der Waals surface area contributed by atoms with Crippen molar-refractivity contribution in [3.63, 3.8) is 0 Å². The van der Waals surface area contributed by atoms with Crippen molar-refractivity contribution in [1.82, 2.24) is 10.2 Å². The minimum atomic E-state index is 0.718. The zero-order chi connectivity index (χ0) is 6.85. The molecule has 0 aliphatic carbocycles. The van der Waals surface area contributed by atoms with Crippen LogP contribution in [-0.4, -0.2) is 37.6 Å². The third kappa shape index (κ3) is 1.25. The molecule has 1 aliphatic rings. The SMILES string of the molecule is CN[C@H]1CCN(C)[C@H]1C. The van der Waals surface area contributed by atoms with Crippen LogP contribution in [-0.2, 0) is 0 Å². The first-order valence-electron chi connectivity index (χ1n) is 3.63. The Labute approximate surface area is 57.2 Å². The number of likely N-dealkylation sites (tertiary alicyclic amines) is 1. The van der Waals surface area contributed by atoms with Gasteiger partial charge in [-0.1, -0.05) is 0 Å². The minimum Gasteiger partial charge on any atom is -0.315 e. The van der Waals surface area contributed by atoms with Crippen LogP contribution in [0.25, 0.3) is 0 Å². The Kier molecular flexibility index (Phi) is 2.09. The number of hydrogen-bond acceptors (Lipinski definition) is 2. The lowest BCUT2D eigenvalue weighted by molar-refractivity contribution is 0.306. The van der Waals surface area contributed by atoms with Gasteiger partial charge >= 0.3 is 0 Å². The van der Waals surface area contributed by atoms with Crippen molar-refractivity contribution in [2.24, 2.45) is 0 Å². The van der Waals surface area contributed by atoms with Gasteiger partial charge in [0.1, 0.15) is 0 Å². The van der Waals surface area contributed by atoms with Crippen LogP contribution < -0.4 is 5.32 Å². The van der Waals surface area contributed by atoms with Gasteiger partial charge in [0, 0.05) is 12.1 Å². The molecule has 1 fully saturated rings. The van der Waals surface area contributed by atoms with Gasteiger partial charge in [-0.25, -0.2) is 0 Å². The molecule has 1 aliphatic heterocycles. The average Bonchev–Trinajstić information content (AvgIpc) is 2.15. The lowest BCUT2D eigenvalue weighted by atomic mass is 10.1. The lowest BCUT2D eigenvalue weighted by Gasteiger charge is -2.19. The third-order valence-electron chi connectivity index (χ3n) is 2.44. The Balaban J connectivity index is 2.41. The van der Waals surface area contributed by atoms with E-state index in [1.54, 1.807) is 0 Å². The molecule has 54 valence electrons. The van der Waals surface area contributed by atoms with Crippen molar-refractivity contribution in [1.29, 1.82) is 0 Å². The molecule has 1 N–H and O–H groups in total. The molecular weight excluding hydrogens is 112 g/mol. The summed E-state index contributed by atoms with van der Waals surface area (Å²) in [5.74, 6) is 0. The fourth-order valence-corrected chi connectivity index (χ4v) is 1.48. The summed E-state index contributed by atoms with van der Waals surface area (Å²) in [5, 5.41) is 3.30. The van der Waals surface area contributed by atoms with Crippen LogP contribution in [0.1, 0.15) is 13.3 Å². The number of rotatable bonds is 1. The molecule has 1 heterocycles. The molecule has 1 rings (SSSR count). The zero-order valence-corrected chi connectivity index (χ0v) is 6.52. The largest absolute Gasteiger partial charge is 0.315 e. The van der Waals surface area contributed by atoms with Gasteiger partial charge in [0.15, 0.2) is 0 Å². The summed E-state index contributed by atoms with van der Waals surface area (Å²) in [6.07, 6.45) is 1.30. The fourth-order valence-electron chi connectivity index (χ4n) is 1.48. The van der Waals surface area contributed by atoms with E-state index in [-0.39, 0.29) is 0 Å². The first-order chi connectivity index (χ1) is 4.25. The van der Waals surface area contributed by atoms with Crippen molar-refractivity contribution in [2.45, 2.75) is 25.4 Å². The van der Waals surface area contributed by atoms with Crippen molar-refractivity contribution in [3.05, 3.63) is 0 Å². The zero-order valence-electron chi connectivity index (χ0n) is 6.52. The van der Waals surface area contributed by atoms with E-state index in [9.17, 15) is 0 Å². The number of nitrogens with one attached hydrogen (secondary N) is 1. The molecule has 2 heteroatoms. The van der Waals surface area contributed by atoms with E-state index in [1.807, 2.05) is 7.05 Å². The summed E-state index contributed by atoms with van der Waals surface area (Å²) in [6.45, 7) is 3.51. The van der Waals surface area contributed by atoms with Gasteiger partial charge in [-0.3, -0.25) is 0 Å². The summed E-state index contributed by atoms with van der Waals surface area (Å²) < 4.78 is 0.